The summed E-state index contributed by atoms with van der Waals surface area (Å²) < 4.78 is 2.21. The first-order valence-electron chi connectivity index (χ1n) is 5.58. The Morgan fingerprint density at radius 3 is 3.12 bits per heavy atom. The van der Waals surface area contributed by atoms with Gasteiger partial charge in [0.05, 0.1) is 11.2 Å². The van der Waals surface area contributed by atoms with Gasteiger partial charge in [-0.05, 0) is 6.07 Å². The van der Waals surface area contributed by atoms with E-state index in [0.29, 0.717) is 0 Å². The van der Waals surface area contributed by atoms with Gasteiger partial charge in [-0.2, -0.15) is 0 Å². The summed E-state index contributed by atoms with van der Waals surface area (Å²) in [5.41, 5.74) is 3.07. The number of carbonyl (C=O) groups is 1. The number of hydrogen-bond donors (Lipinski definition) is 0. The van der Waals surface area contributed by atoms with Crippen LogP contribution in [0.25, 0.3) is 10.9 Å². The van der Waals surface area contributed by atoms with Gasteiger partial charge in [-0.3, -0.25) is 0 Å². The van der Waals surface area contributed by atoms with Crippen molar-refractivity contribution in [1.29, 1.82) is 0 Å². The van der Waals surface area contributed by atoms with Gasteiger partial charge in [0, 0.05) is 37.0 Å². The third kappa shape index (κ3) is 1.62. The molecule has 0 N–H and O–H groups in total. The minimum absolute atomic E-state index is 0.384. The molecule has 0 radical (unpaired) electrons. The van der Waals surface area contributed by atoms with Crippen LogP contribution < -0.4 is 0 Å². The lowest BCUT2D eigenvalue weighted by Gasteiger charge is -2.16. The normalized spacial score (nSPS) is 16.4. The van der Waals surface area contributed by atoms with E-state index in [0.717, 1.165) is 24.2 Å². The minimum Gasteiger partial charge on any atom is -0.347 e. The summed E-state index contributed by atoms with van der Waals surface area (Å²) in [6.45, 7) is 2.23. The Morgan fingerprint density at radius 2 is 2.29 bits per heavy atom. The van der Waals surface area contributed by atoms with E-state index in [1.54, 1.807) is 0 Å². The molecule has 0 saturated carbocycles. The number of carbonyl (C=O) groups excluding carboxylic acids is 1. The summed E-state index contributed by atoms with van der Waals surface area (Å²) in [5.74, 6) is -0.384. The quantitative estimate of drug-likeness (QED) is 0.555. The van der Waals surface area contributed by atoms with Crippen molar-refractivity contribution in [2.24, 2.45) is 5.16 Å². The zero-order chi connectivity index (χ0) is 11.8. The molecule has 0 unspecified atom stereocenters. The Bertz CT molecular complexity index is 625. The van der Waals surface area contributed by atoms with Crippen LogP contribution in [0.2, 0.25) is 0 Å². The van der Waals surface area contributed by atoms with Crippen LogP contribution in [-0.4, -0.2) is 16.2 Å². The topological polar surface area (TPSA) is 43.6 Å². The van der Waals surface area contributed by atoms with E-state index in [4.69, 9.17) is 4.84 Å². The van der Waals surface area contributed by atoms with Crippen molar-refractivity contribution in [1.82, 2.24) is 4.57 Å². The molecule has 0 fully saturated rings. The number of rotatable bonds is 1. The largest absolute Gasteiger partial charge is 0.347 e. The molecular formula is C13H12N2O2. The van der Waals surface area contributed by atoms with Gasteiger partial charge in [0.25, 0.3) is 0 Å². The molecular weight excluding hydrogens is 216 g/mol. The second kappa shape index (κ2) is 3.73. The number of nitrogens with zero attached hydrogens (tertiary/aromatic N) is 2. The molecule has 0 amide bonds. The van der Waals surface area contributed by atoms with Crippen molar-refractivity contribution in [2.45, 2.75) is 19.9 Å². The van der Waals surface area contributed by atoms with Gasteiger partial charge in [-0.25, -0.2) is 4.79 Å². The average Bonchev–Trinajstić information content (AvgIpc) is 2.74. The number of para-hydroxylation sites is 1. The van der Waals surface area contributed by atoms with Crippen LogP contribution in [-0.2, 0) is 16.2 Å². The maximum Gasteiger partial charge on any atom is 0.331 e. The third-order valence-electron chi connectivity index (χ3n) is 2.97. The summed E-state index contributed by atoms with van der Waals surface area (Å²) in [4.78, 5) is 15.5. The summed E-state index contributed by atoms with van der Waals surface area (Å²) in [7, 11) is 0. The molecule has 1 aliphatic heterocycles. The van der Waals surface area contributed by atoms with Crippen LogP contribution in [0.5, 0.6) is 0 Å². The van der Waals surface area contributed by atoms with Crippen molar-refractivity contribution >= 4 is 22.6 Å². The number of benzene rings is 1. The van der Waals surface area contributed by atoms with Gasteiger partial charge in [0.15, 0.2) is 0 Å². The molecule has 0 spiro atoms. The number of aryl methyl sites for hydroxylation is 1. The van der Waals surface area contributed by atoms with Crippen molar-refractivity contribution < 1.29 is 9.63 Å². The predicted octanol–water partition coefficient (Wildman–Crippen LogP) is 2.31. The first kappa shape index (κ1) is 10.1. The predicted molar refractivity (Wildman–Crippen MR) is 64.9 cm³/mol. The molecule has 0 saturated heterocycles. The SMILES string of the molecule is CC(=O)O/N=C1\CCn2ccc3cccc1c32. The van der Waals surface area contributed by atoms with E-state index in [1.807, 2.05) is 12.1 Å². The van der Waals surface area contributed by atoms with E-state index in [-0.39, 0.29) is 5.97 Å². The van der Waals surface area contributed by atoms with Crippen LogP contribution >= 0.6 is 0 Å². The molecule has 0 atom stereocenters. The van der Waals surface area contributed by atoms with Crippen LogP contribution in [0.15, 0.2) is 35.6 Å². The fourth-order valence-corrected chi connectivity index (χ4v) is 2.26. The standard InChI is InChI=1S/C13H12N2O2/c1-9(16)17-14-12-6-8-15-7-5-10-3-2-4-11(12)13(10)15/h2-5,7H,6,8H2,1H3/b14-12+. The lowest BCUT2D eigenvalue weighted by atomic mass is 10.0. The molecule has 2 heterocycles. The Hall–Kier alpha value is -2.10. The Kier molecular flexibility index (Phi) is 2.21. The van der Waals surface area contributed by atoms with E-state index in [2.05, 4.69) is 28.1 Å². The fraction of sp³-hybridized carbons (Fsp3) is 0.231. The lowest BCUT2D eigenvalue weighted by Crippen LogP contribution is -2.15. The summed E-state index contributed by atoms with van der Waals surface area (Å²) in [6, 6.07) is 8.18. The highest BCUT2D eigenvalue weighted by molar-refractivity contribution is 6.11. The van der Waals surface area contributed by atoms with Gasteiger partial charge in [0.1, 0.15) is 0 Å². The highest BCUT2D eigenvalue weighted by Crippen LogP contribution is 2.26. The molecule has 0 bridgehead atoms. The summed E-state index contributed by atoms with van der Waals surface area (Å²) >= 11 is 0. The highest BCUT2D eigenvalue weighted by Gasteiger charge is 2.17. The fourth-order valence-electron chi connectivity index (χ4n) is 2.26. The van der Waals surface area contributed by atoms with Gasteiger partial charge < -0.3 is 9.40 Å². The molecule has 4 heteroatoms. The molecule has 2 aromatic rings. The summed E-state index contributed by atoms with van der Waals surface area (Å²) in [6.07, 6.45) is 2.87. The minimum atomic E-state index is -0.384. The van der Waals surface area contributed by atoms with Crippen LogP contribution in [0, 0.1) is 0 Å². The van der Waals surface area contributed by atoms with Gasteiger partial charge in [0.2, 0.25) is 0 Å². The smallest absolute Gasteiger partial charge is 0.331 e. The van der Waals surface area contributed by atoms with Gasteiger partial charge in [-0.15, -0.1) is 0 Å². The van der Waals surface area contributed by atoms with Crippen LogP contribution in [0.3, 0.4) is 0 Å². The van der Waals surface area contributed by atoms with E-state index >= 15 is 0 Å². The van der Waals surface area contributed by atoms with Gasteiger partial charge >= 0.3 is 5.97 Å². The van der Waals surface area contributed by atoms with Crippen LogP contribution in [0.1, 0.15) is 18.9 Å². The number of hydrogen-bond acceptors (Lipinski definition) is 3. The van der Waals surface area contributed by atoms with Crippen molar-refractivity contribution in [3.63, 3.8) is 0 Å². The van der Waals surface area contributed by atoms with Crippen LogP contribution in [0.4, 0.5) is 0 Å². The van der Waals surface area contributed by atoms with Gasteiger partial charge in [-0.1, -0.05) is 23.4 Å². The molecule has 1 aromatic carbocycles. The molecule has 1 aliphatic rings. The number of oxime groups is 1. The van der Waals surface area contributed by atoms with E-state index in [1.165, 1.54) is 17.8 Å². The molecule has 4 nitrogen and oxygen atoms in total. The molecule has 0 aliphatic carbocycles. The van der Waals surface area contributed by atoms with Crippen molar-refractivity contribution in [2.75, 3.05) is 0 Å². The molecule has 17 heavy (non-hydrogen) atoms. The third-order valence-corrected chi connectivity index (χ3v) is 2.97. The zero-order valence-electron chi connectivity index (χ0n) is 9.51. The molecule has 3 rings (SSSR count). The summed E-state index contributed by atoms with van der Waals surface area (Å²) in [5, 5.41) is 5.13. The second-order valence-corrected chi connectivity index (χ2v) is 4.12. The first-order valence-corrected chi connectivity index (χ1v) is 5.58. The maximum atomic E-state index is 10.8. The molecule has 1 aromatic heterocycles. The zero-order valence-corrected chi connectivity index (χ0v) is 9.51. The first-order chi connectivity index (χ1) is 8.25. The van der Waals surface area contributed by atoms with Crippen molar-refractivity contribution in [3.05, 3.63) is 36.0 Å². The average molecular weight is 228 g/mol. The number of aromatic nitrogens is 1. The Morgan fingerprint density at radius 1 is 1.41 bits per heavy atom. The Balaban J connectivity index is 2.14. The van der Waals surface area contributed by atoms with E-state index < -0.39 is 0 Å². The lowest BCUT2D eigenvalue weighted by molar-refractivity contribution is -0.140. The van der Waals surface area contributed by atoms with Crippen molar-refractivity contribution in [3.8, 4) is 0 Å². The van der Waals surface area contributed by atoms with E-state index in [9.17, 15) is 4.79 Å². The monoisotopic (exact) mass is 228 g/mol. The maximum absolute atomic E-state index is 10.8. The highest BCUT2D eigenvalue weighted by atomic mass is 16.7. The Labute approximate surface area is 98.5 Å². The second-order valence-electron chi connectivity index (χ2n) is 4.12. The molecule has 86 valence electrons.